The highest BCUT2D eigenvalue weighted by atomic mass is 35.5. The minimum atomic E-state index is -3.33. The fourth-order valence-corrected chi connectivity index (χ4v) is 2.67. The number of rotatable bonds is 2. The number of halogens is 1. The molecule has 0 bridgehead atoms. The smallest absolute Gasteiger partial charge is 0.176 e. The fraction of sp³-hybridized carbons (Fsp3) is 0.0833. The van der Waals surface area contributed by atoms with Gasteiger partial charge in [-0.15, -0.1) is 0 Å². The Hall–Kier alpha value is -1.39. The van der Waals surface area contributed by atoms with Crippen LogP contribution in [0.1, 0.15) is 0 Å². The predicted molar refractivity (Wildman–Crippen MR) is 67.8 cm³/mol. The molecule has 5 heteroatoms. The average Bonchev–Trinajstić information content (AvgIpc) is 2.29. The summed E-state index contributed by atoms with van der Waals surface area (Å²) in [5.74, 6) is 0. The van der Waals surface area contributed by atoms with Gasteiger partial charge in [-0.1, -0.05) is 41.9 Å². The molecule has 2 rings (SSSR count). The number of hydrogen-bond acceptors (Lipinski definition) is 3. The molecule has 0 saturated heterocycles. The summed E-state index contributed by atoms with van der Waals surface area (Å²) in [5.41, 5.74) is 1.37. The van der Waals surface area contributed by atoms with Crippen LogP contribution in [-0.4, -0.2) is 19.7 Å². The summed E-state index contributed by atoms with van der Waals surface area (Å²) >= 11 is 5.73. The van der Waals surface area contributed by atoms with Gasteiger partial charge >= 0.3 is 0 Å². The maximum Gasteiger partial charge on any atom is 0.176 e. The highest BCUT2D eigenvalue weighted by Gasteiger charge is 2.15. The van der Waals surface area contributed by atoms with Gasteiger partial charge in [-0.25, -0.2) is 13.4 Å². The van der Waals surface area contributed by atoms with Crippen molar-refractivity contribution in [2.75, 3.05) is 6.26 Å². The number of aromatic nitrogens is 1. The van der Waals surface area contributed by atoms with Crippen LogP contribution < -0.4 is 0 Å². The van der Waals surface area contributed by atoms with Crippen molar-refractivity contribution in [2.45, 2.75) is 4.90 Å². The summed E-state index contributed by atoms with van der Waals surface area (Å²) in [6.45, 7) is 0. The minimum absolute atomic E-state index is 0.171. The van der Waals surface area contributed by atoms with Crippen LogP contribution in [0.3, 0.4) is 0 Å². The molecule has 1 aromatic carbocycles. The third-order valence-corrected chi connectivity index (χ3v) is 3.66. The van der Waals surface area contributed by atoms with Gasteiger partial charge < -0.3 is 0 Å². The van der Waals surface area contributed by atoms with Crippen LogP contribution >= 0.6 is 11.6 Å². The Kier molecular flexibility index (Phi) is 3.17. The van der Waals surface area contributed by atoms with E-state index in [4.69, 9.17) is 11.6 Å². The molecule has 0 aliphatic rings. The standard InChI is InChI=1S/C12H10ClNO2S/c1-17(15,16)11-7-12(13)14-8-10(11)9-5-3-2-4-6-9/h2-8H,1H3. The Balaban J connectivity index is 2.71. The van der Waals surface area contributed by atoms with Crippen molar-refractivity contribution >= 4 is 21.4 Å². The van der Waals surface area contributed by atoms with Crippen molar-refractivity contribution in [1.82, 2.24) is 4.98 Å². The summed E-state index contributed by atoms with van der Waals surface area (Å²) in [5, 5.41) is 0.171. The highest BCUT2D eigenvalue weighted by Crippen LogP contribution is 2.28. The number of benzene rings is 1. The second-order valence-electron chi connectivity index (χ2n) is 3.64. The Labute approximate surface area is 105 Å². The van der Waals surface area contributed by atoms with Crippen LogP contribution in [0.15, 0.2) is 47.5 Å². The number of hydrogen-bond donors (Lipinski definition) is 0. The van der Waals surface area contributed by atoms with E-state index < -0.39 is 9.84 Å². The summed E-state index contributed by atoms with van der Waals surface area (Å²) in [7, 11) is -3.33. The summed E-state index contributed by atoms with van der Waals surface area (Å²) in [6, 6.07) is 10.6. The third kappa shape index (κ3) is 2.65. The normalized spacial score (nSPS) is 11.4. The van der Waals surface area contributed by atoms with Crippen molar-refractivity contribution in [3.63, 3.8) is 0 Å². The van der Waals surface area contributed by atoms with E-state index in [1.54, 1.807) is 0 Å². The van der Waals surface area contributed by atoms with E-state index >= 15 is 0 Å². The Morgan fingerprint density at radius 2 is 1.82 bits per heavy atom. The number of pyridine rings is 1. The number of nitrogens with zero attached hydrogens (tertiary/aromatic N) is 1. The van der Waals surface area contributed by atoms with Gasteiger partial charge in [0, 0.05) is 18.0 Å². The van der Waals surface area contributed by atoms with Gasteiger partial charge in [0.2, 0.25) is 0 Å². The lowest BCUT2D eigenvalue weighted by atomic mass is 10.1. The molecule has 0 saturated carbocycles. The summed E-state index contributed by atoms with van der Waals surface area (Å²) in [4.78, 5) is 4.13. The predicted octanol–water partition coefficient (Wildman–Crippen LogP) is 2.81. The monoisotopic (exact) mass is 267 g/mol. The van der Waals surface area contributed by atoms with Gasteiger partial charge in [-0.2, -0.15) is 0 Å². The molecule has 0 aliphatic carbocycles. The summed E-state index contributed by atoms with van der Waals surface area (Å²) in [6.07, 6.45) is 2.64. The van der Waals surface area contributed by atoms with Gasteiger partial charge in [-0.05, 0) is 11.6 Å². The maximum absolute atomic E-state index is 11.7. The molecule has 17 heavy (non-hydrogen) atoms. The van der Waals surface area contributed by atoms with Crippen molar-refractivity contribution in [3.05, 3.63) is 47.7 Å². The molecule has 88 valence electrons. The topological polar surface area (TPSA) is 47.0 Å². The van der Waals surface area contributed by atoms with Crippen molar-refractivity contribution < 1.29 is 8.42 Å². The lowest BCUT2D eigenvalue weighted by Crippen LogP contribution is -2.00. The van der Waals surface area contributed by atoms with Crippen LogP contribution in [0.2, 0.25) is 5.15 Å². The molecule has 1 heterocycles. The molecule has 2 aromatic rings. The van der Waals surface area contributed by atoms with Crippen LogP contribution in [0.5, 0.6) is 0 Å². The van der Waals surface area contributed by atoms with Crippen molar-refractivity contribution in [1.29, 1.82) is 0 Å². The van der Waals surface area contributed by atoms with E-state index in [0.717, 1.165) is 11.8 Å². The number of sulfone groups is 1. The Bertz CT molecular complexity index is 639. The van der Waals surface area contributed by atoms with Gasteiger partial charge in [-0.3, -0.25) is 0 Å². The van der Waals surface area contributed by atoms with Gasteiger partial charge in [0.05, 0.1) is 4.90 Å². The van der Waals surface area contributed by atoms with Crippen LogP contribution in [0.4, 0.5) is 0 Å². The van der Waals surface area contributed by atoms with E-state index in [1.807, 2.05) is 30.3 Å². The first-order chi connectivity index (χ1) is 7.98. The zero-order chi connectivity index (χ0) is 12.5. The van der Waals surface area contributed by atoms with Crippen LogP contribution in [0, 0.1) is 0 Å². The van der Waals surface area contributed by atoms with Crippen molar-refractivity contribution in [2.24, 2.45) is 0 Å². The molecule has 0 radical (unpaired) electrons. The molecule has 1 aromatic heterocycles. The largest absolute Gasteiger partial charge is 0.244 e. The van der Waals surface area contributed by atoms with E-state index in [0.29, 0.717) is 5.56 Å². The molecular formula is C12H10ClNO2S. The first kappa shape index (κ1) is 12.1. The maximum atomic E-state index is 11.7. The molecule has 0 aliphatic heterocycles. The zero-order valence-electron chi connectivity index (χ0n) is 9.09. The summed E-state index contributed by atoms with van der Waals surface area (Å²) < 4.78 is 23.4. The highest BCUT2D eigenvalue weighted by molar-refractivity contribution is 7.90. The molecule has 0 atom stereocenters. The van der Waals surface area contributed by atoms with Crippen LogP contribution in [-0.2, 0) is 9.84 Å². The molecule has 3 nitrogen and oxygen atoms in total. The lowest BCUT2D eigenvalue weighted by Gasteiger charge is -2.07. The second kappa shape index (κ2) is 4.47. The molecule has 0 N–H and O–H groups in total. The average molecular weight is 268 g/mol. The van der Waals surface area contributed by atoms with E-state index in [9.17, 15) is 8.42 Å². The minimum Gasteiger partial charge on any atom is -0.244 e. The quantitative estimate of drug-likeness (QED) is 0.786. The second-order valence-corrected chi connectivity index (χ2v) is 6.01. The molecular weight excluding hydrogens is 258 g/mol. The molecule has 0 spiro atoms. The van der Waals surface area contributed by atoms with E-state index in [1.165, 1.54) is 12.3 Å². The van der Waals surface area contributed by atoms with E-state index in [2.05, 4.69) is 4.98 Å². The lowest BCUT2D eigenvalue weighted by molar-refractivity contribution is 0.602. The first-order valence-corrected chi connectivity index (χ1v) is 7.16. The Morgan fingerprint density at radius 3 is 2.41 bits per heavy atom. The zero-order valence-corrected chi connectivity index (χ0v) is 10.7. The molecule has 0 amide bonds. The van der Waals surface area contributed by atoms with Gasteiger partial charge in [0.15, 0.2) is 9.84 Å². The van der Waals surface area contributed by atoms with Gasteiger partial charge in [0.25, 0.3) is 0 Å². The van der Waals surface area contributed by atoms with Crippen molar-refractivity contribution in [3.8, 4) is 11.1 Å². The first-order valence-electron chi connectivity index (χ1n) is 4.89. The van der Waals surface area contributed by atoms with E-state index in [-0.39, 0.29) is 10.0 Å². The molecule has 0 fully saturated rings. The molecule has 0 unspecified atom stereocenters. The van der Waals surface area contributed by atoms with Gasteiger partial charge in [0.1, 0.15) is 5.15 Å². The fourth-order valence-electron chi connectivity index (χ4n) is 1.55. The Morgan fingerprint density at radius 1 is 1.18 bits per heavy atom. The van der Waals surface area contributed by atoms with Crippen LogP contribution in [0.25, 0.3) is 11.1 Å². The third-order valence-electron chi connectivity index (χ3n) is 2.32. The SMILES string of the molecule is CS(=O)(=O)c1cc(Cl)ncc1-c1ccccc1.